The summed E-state index contributed by atoms with van der Waals surface area (Å²) in [6.45, 7) is 8.56. The first kappa shape index (κ1) is 17.0. The molecule has 24 heavy (non-hydrogen) atoms. The number of hydrogen-bond donors (Lipinski definition) is 2. The zero-order valence-electron chi connectivity index (χ0n) is 14.9. The summed E-state index contributed by atoms with van der Waals surface area (Å²) in [5.74, 6) is 0.886. The van der Waals surface area contributed by atoms with Crippen LogP contribution in [0.3, 0.4) is 0 Å². The lowest BCUT2D eigenvalue weighted by atomic mass is 9.87. The van der Waals surface area contributed by atoms with Crippen LogP contribution in [-0.2, 0) is 10.2 Å². The third-order valence-corrected chi connectivity index (χ3v) is 5.13. The summed E-state index contributed by atoms with van der Waals surface area (Å²) >= 11 is 0. The Morgan fingerprint density at radius 1 is 1.12 bits per heavy atom. The van der Waals surface area contributed by atoms with Crippen LogP contribution in [-0.4, -0.2) is 49.4 Å². The van der Waals surface area contributed by atoms with E-state index in [-0.39, 0.29) is 23.8 Å². The summed E-state index contributed by atoms with van der Waals surface area (Å²) < 4.78 is 0. The Hall–Kier alpha value is -1.88. The minimum absolute atomic E-state index is 0.0334. The molecule has 2 aliphatic rings. The van der Waals surface area contributed by atoms with Crippen LogP contribution in [0, 0.1) is 11.8 Å². The lowest BCUT2D eigenvalue weighted by Gasteiger charge is -2.19. The molecule has 130 valence electrons. The van der Waals surface area contributed by atoms with Crippen molar-refractivity contribution in [1.82, 2.24) is 15.5 Å². The number of carbonyl (C=O) groups excluding carboxylic acids is 2. The van der Waals surface area contributed by atoms with Crippen LogP contribution in [0.4, 0.5) is 0 Å². The summed E-state index contributed by atoms with van der Waals surface area (Å²) in [6.07, 6.45) is 0. The second-order valence-electron chi connectivity index (χ2n) is 8.15. The summed E-state index contributed by atoms with van der Waals surface area (Å²) in [7, 11) is 2.11. The van der Waals surface area contributed by atoms with Gasteiger partial charge in [-0.25, -0.2) is 0 Å². The Morgan fingerprint density at radius 3 is 2.25 bits per heavy atom. The summed E-state index contributed by atoms with van der Waals surface area (Å²) in [6, 6.07) is 7.87. The topological polar surface area (TPSA) is 61.4 Å². The quantitative estimate of drug-likeness (QED) is 0.877. The van der Waals surface area contributed by atoms with Gasteiger partial charge in [-0.2, -0.15) is 0 Å². The maximum absolute atomic E-state index is 12.2. The van der Waals surface area contributed by atoms with Gasteiger partial charge in [0.05, 0.1) is 6.54 Å². The third kappa shape index (κ3) is 3.61. The minimum atomic E-state index is -0.207. The molecule has 2 fully saturated rings. The van der Waals surface area contributed by atoms with Gasteiger partial charge < -0.3 is 15.5 Å². The van der Waals surface area contributed by atoms with Crippen LogP contribution < -0.4 is 10.6 Å². The standard InChI is InChI=1S/C19H27N3O2/c1-19(2,3)13-7-5-12(6-8-13)18(24)20-9-16(23)21-17-14-10-22(4)11-15(14)17/h5-8,14-15,17H,9-11H2,1-4H3,(H,20,24)(H,21,23)/t14-,15+,17?. The largest absolute Gasteiger partial charge is 0.351 e. The highest BCUT2D eigenvalue weighted by atomic mass is 16.2. The van der Waals surface area contributed by atoms with Gasteiger partial charge in [-0.3, -0.25) is 9.59 Å². The third-order valence-electron chi connectivity index (χ3n) is 5.13. The first-order valence-electron chi connectivity index (χ1n) is 8.62. The normalized spacial score (nSPS) is 25.9. The van der Waals surface area contributed by atoms with Gasteiger partial charge in [0.25, 0.3) is 5.91 Å². The van der Waals surface area contributed by atoms with E-state index in [1.807, 2.05) is 24.3 Å². The average Bonchev–Trinajstić information content (AvgIpc) is 2.96. The fraction of sp³-hybridized carbons (Fsp3) is 0.579. The molecule has 5 heteroatoms. The van der Waals surface area contributed by atoms with Crippen LogP contribution in [0.15, 0.2) is 24.3 Å². The molecule has 0 aromatic heterocycles. The fourth-order valence-corrected chi connectivity index (χ4v) is 3.57. The number of hydrogen-bond acceptors (Lipinski definition) is 3. The van der Waals surface area contributed by atoms with Crippen molar-refractivity contribution in [2.75, 3.05) is 26.7 Å². The lowest BCUT2D eigenvalue weighted by Crippen LogP contribution is -2.40. The molecular weight excluding hydrogens is 302 g/mol. The van der Waals surface area contributed by atoms with Crippen LogP contribution in [0.2, 0.25) is 0 Å². The average molecular weight is 329 g/mol. The van der Waals surface area contributed by atoms with Gasteiger partial charge in [0.2, 0.25) is 5.91 Å². The van der Waals surface area contributed by atoms with Crippen molar-refractivity contribution in [3.8, 4) is 0 Å². The highest BCUT2D eigenvalue weighted by molar-refractivity contribution is 5.96. The molecule has 3 rings (SSSR count). The van der Waals surface area contributed by atoms with Gasteiger partial charge in [0, 0.05) is 24.7 Å². The minimum Gasteiger partial charge on any atom is -0.351 e. The molecule has 0 spiro atoms. The molecule has 1 heterocycles. The summed E-state index contributed by atoms with van der Waals surface area (Å²) in [5.41, 5.74) is 1.83. The van der Waals surface area contributed by atoms with Crippen molar-refractivity contribution in [2.24, 2.45) is 11.8 Å². The Bertz CT molecular complexity index is 621. The first-order chi connectivity index (χ1) is 11.3. The van der Waals surface area contributed by atoms with E-state index in [9.17, 15) is 9.59 Å². The van der Waals surface area contributed by atoms with Crippen LogP contribution in [0.1, 0.15) is 36.7 Å². The predicted octanol–water partition coefficient (Wildman–Crippen LogP) is 1.39. The number of piperidine rings is 1. The van der Waals surface area contributed by atoms with Crippen molar-refractivity contribution in [2.45, 2.75) is 32.2 Å². The molecule has 1 saturated carbocycles. The maximum atomic E-state index is 12.2. The molecule has 1 aromatic carbocycles. The molecule has 0 radical (unpaired) electrons. The van der Waals surface area contributed by atoms with Gasteiger partial charge in [0.1, 0.15) is 0 Å². The molecule has 2 amide bonds. The molecule has 1 saturated heterocycles. The number of nitrogens with one attached hydrogen (secondary N) is 2. The van der Waals surface area contributed by atoms with Gasteiger partial charge in [-0.05, 0) is 42.0 Å². The molecular formula is C19H27N3O2. The molecule has 1 aliphatic carbocycles. The predicted molar refractivity (Wildman–Crippen MR) is 93.9 cm³/mol. The fourth-order valence-electron chi connectivity index (χ4n) is 3.57. The lowest BCUT2D eigenvalue weighted by molar-refractivity contribution is -0.120. The van der Waals surface area contributed by atoms with Crippen LogP contribution in [0.5, 0.6) is 0 Å². The van der Waals surface area contributed by atoms with E-state index in [1.54, 1.807) is 0 Å². The molecule has 2 N–H and O–H groups in total. The zero-order chi connectivity index (χ0) is 17.5. The molecule has 0 bridgehead atoms. The van der Waals surface area contributed by atoms with E-state index in [4.69, 9.17) is 0 Å². The maximum Gasteiger partial charge on any atom is 0.251 e. The Kier molecular flexibility index (Phi) is 4.38. The molecule has 1 unspecified atom stereocenters. The van der Waals surface area contributed by atoms with E-state index in [0.29, 0.717) is 23.4 Å². The van der Waals surface area contributed by atoms with Gasteiger partial charge in [0.15, 0.2) is 0 Å². The Morgan fingerprint density at radius 2 is 1.71 bits per heavy atom. The van der Waals surface area contributed by atoms with E-state index < -0.39 is 0 Å². The molecule has 3 atom stereocenters. The number of likely N-dealkylation sites (tertiary alicyclic amines) is 1. The Labute approximate surface area is 143 Å². The SMILES string of the molecule is CN1C[C@@H]2C(NC(=O)CNC(=O)c3ccc(C(C)(C)C)cc3)[C@@H]2C1. The second-order valence-corrected chi connectivity index (χ2v) is 8.15. The van der Waals surface area contributed by atoms with Gasteiger partial charge >= 0.3 is 0 Å². The molecule has 1 aliphatic heterocycles. The van der Waals surface area contributed by atoms with Crippen LogP contribution in [0.25, 0.3) is 0 Å². The van der Waals surface area contributed by atoms with E-state index in [0.717, 1.165) is 13.1 Å². The monoisotopic (exact) mass is 329 g/mol. The number of benzene rings is 1. The summed E-state index contributed by atoms with van der Waals surface area (Å²) in [5, 5.41) is 5.74. The van der Waals surface area contributed by atoms with E-state index >= 15 is 0 Å². The van der Waals surface area contributed by atoms with E-state index in [2.05, 4.69) is 43.4 Å². The first-order valence-corrected chi connectivity index (χ1v) is 8.62. The zero-order valence-corrected chi connectivity index (χ0v) is 14.9. The van der Waals surface area contributed by atoms with Gasteiger partial charge in [-0.15, -0.1) is 0 Å². The molecule has 1 aromatic rings. The highest BCUT2D eigenvalue weighted by Crippen LogP contribution is 2.44. The van der Waals surface area contributed by atoms with Crippen molar-refractivity contribution in [3.05, 3.63) is 35.4 Å². The smallest absolute Gasteiger partial charge is 0.251 e. The number of nitrogens with zero attached hydrogens (tertiary/aromatic N) is 1. The second kappa shape index (κ2) is 6.20. The Balaban J connectivity index is 1.45. The number of rotatable bonds is 4. The van der Waals surface area contributed by atoms with Crippen LogP contribution >= 0.6 is 0 Å². The number of fused-ring (bicyclic) bond motifs is 1. The molecule has 5 nitrogen and oxygen atoms in total. The highest BCUT2D eigenvalue weighted by Gasteiger charge is 2.55. The van der Waals surface area contributed by atoms with Crippen molar-refractivity contribution >= 4 is 11.8 Å². The van der Waals surface area contributed by atoms with E-state index in [1.165, 1.54) is 5.56 Å². The number of amides is 2. The van der Waals surface area contributed by atoms with Gasteiger partial charge in [-0.1, -0.05) is 32.9 Å². The van der Waals surface area contributed by atoms with Crippen molar-refractivity contribution in [1.29, 1.82) is 0 Å². The number of carbonyl (C=O) groups is 2. The summed E-state index contributed by atoms with van der Waals surface area (Å²) in [4.78, 5) is 26.4. The van der Waals surface area contributed by atoms with Crippen molar-refractivity contribution in [3.63, 3.8) is 0 Å². The van der Waals surface area contributed by atoms with Crippen molar-refractivity contribution < 1.29 is 9.59 Å².